The molecular formula is C11H21BrN2O2. The van der Waals surface area contributed by atoms with Crippen LogP contribution in [0.25, 0.3) is 0 Å². The van der Waals surface area contributed by atoms with Crippen molar-refractivity contribution in [1.29, 1.82) is 0 Å². The monoisotopic (exact) mass is 292 g/mol. The van der Waals surface area contributed by atoms with E-state index in [9.17, 15) is 9.59 Å². The van der Waals surface area contributed by atoms with Gasteiger partial charge in [0.1, 0.15) is 6.04 Å². The number of nitrogens with one attached hydrogen (secondary N) is 2. The van der Waals surface area contributed by atoms with Crippen molar-refractivity contribution in [3.8, 4) is 0 Å². The minimum absolute atomic E-state index is 0.0803. The number of rotatable bonds is 5. The van der Waals surface area contributed by atoms with E-state index in [0.29, 0.717) is 0 Å². The van der Waals surface area contributed by atoms with Gasteiger partial charge in [0.15, 0.2) is 0 Å². The Bertz CT molecular complexity index is 254. The summed E-state index contributed by atoms with van der Waals surface area (Å²) in [6.45, 7) is 9.33. The van der Waals surface area contributed by atoms with Crippen LogP contribution in [-0.4, -0.2) is 28.7 Å². The van der Waals surface area contributed by atoms with Crippen LogP contribution in [0, 0.1) is 5.92 Å². The van der Waals surface area contributed by atoms with E-state index in [1.165, 1.54) is 0 Å². The molecule has 2 N–H and O–H groups in total. The first-order valence-electron chi connectivity index (χ1n) is 5.50. The molecule has 0 rings (SSSR count). The quantitative estimate of drug-likeness (QED) is 0.754. The normalized spacial score (nSPS) is 14.8. The topological polar surface area (TPSA) is 58.2 Å². The van der Waals surface area contributed by atoms with Crippen molar-refractivity contribution in [2.24, 2.45) is 5.92 Å². The van der Waals surface area contributed by atoms with Gasteiger partial charge in [-0.2, -0.15) is 0 Å². The van der Waals surface area contributed by atoms with Crippen molar-refractivity contribution in [2.75, 3.05) is 0 Å². The number of alkyl halides is 1. The van der Waals surface area contributed by atoms with E-state index in [4.69, 9.17) is 0 Å². The predicted octanol–water partition coefficient (Wildman–Crippen LogP) is 1.44. The summed E-state index contributed by atoms with van der Waals surface area (Å²) in [4.78, 5) is 22.9. The lowest BCUT2D eigenvalue weighted by molar-refractivity contribution is -0.128. The van der Waals surface area contributed by atoms with Crippen LogP contribution in [0.15, 0.2) is 0 Å². The maximum absolute atomic E-state index is 11.6. The van der Waals surface area contributed by atoms with Crippen LogP contribution < -0.4 is 10.6 Å². The van der Waals surface area contributed by atoms with Gasteiger partial charge in [-0.1, -0.05) is 29.8 Å². The molecule has 94 valence electrons. The summed E-state index contributed by atoms with van der Waals surface area (Å²) in [5, 5.41) is 5.42. The molecule has 0 radical (unpaired) electrons. The smallest absolute Gasteiger partial charge is 0.242 e. The lowest BCUT2D eigenvalue weighted by atomic mass is 10.1. The number of hydrogen-bond donors (Lipinski definition) is 2. The summed E-state index contributed by atoms with van der Waals surface area (Å²) in [5.74, 6) is -0.117. The largest absolute Gasteiger partial charge is 0.352 e. The summed E-state index contributed by atoms with van der Waals surface area (Å²) in [6.07, 6.45) is 0. The fraction of sp³-hybridized carbons (Fsp3) is 0.818. The maximum Gasteiger partial charge on any atom is 0.242 e. The summed E-state index contributed by atoms with van der Waals surface area (Å²) in [6, 6.07) is -0.426. The predicted molar refractivity (Wildman–Crippen MR) is 68.4 cm³/mol. The van der Waals surface area contributed by atoms with Gasteiger partial charge in [0, 0.05) is 6.04 Å². The van der Waals surface area contributed by atoms with Crippen LogP contribution in [0.4, 0.5) is 0 Å². The Morgan fingerprint density at radius 2 is 1.44 bits per heavy atom. The van der Waals surface area contributed by atoms with Crippen molar-refractivity contribution < 1.29 is 9.59 Å². The molecule has 0 aliphatic heterocycles. The molecule has 16 heavy (non-hydrogen) atoms. The molecule has 2 amide bonds. The standard InChI is InChI=1S/C11H21BrN2O2/c1-6(2)9(12)11(16)14-8(5)10(15)13-7(3)4/h6-9H,1-5H3,(H,13,15)(H,14,16). The Hall–Kier alpha value is -0.580. The van der Waals surface area contributed by atoms with Crippen LogP contribution >= 0.6 is 15.9 Å². The Morgan fingerprint density at radius 3 is 1.81 bits per heavy atom. The summed E-state index contributed by atoms with van der Waals surface area (Å²) in [7, 11) is 0. The van der Waals surface area contributed by atoms with Gasteiger partial charge in [-0.15, -0.1) is 0 Å². The van der Waals surface area contributed by atoms with E-state index in [-0.39, 0.29) is 28.6 Å². The minimum atomic E-state index is -0.506. The van der Waals surface area contributed by atoms with Gasteiger partial charge in [-0.3, -0.25) is 9.59 Å². The van der Waals surface area contributed by atoms with Crippen molar-refractivity contribution in [3.63, 3.8) is 0 Å². The van der Waals surface area contributed by atoms with Crippen LogP contribution in [0.1, 0.15) is 34.6 Å². The molecule has 0 aromatic carbocycles. The zero-order chi connectivity index (χ0) is 12.9. The van der Waals surface area contributed by atoms with E-state index in [2.05, 4.69) is 26.6 Å². The van der Waals surface area contributed by atoms with E-state index in [1.807, 2.05) is 27.7 Å². The summed E-state index contributed by atoms with van der Waals surface area (Å²) in [5.41, 5.74) is 0. The highest BCUT2D eigenvalue weighted by molar-refractivity contribution is 9.10. The molecule has 0 heterocycles. The third kappa shape index (κ3) is 5.49. The molecule has 0 fully saturated rings. The highest BCUT2D eigenvalue weighted by atomic mass is 79.9. The summed E-state index contributed by atoms with van der Waals surface area (Å²) >= 11 is 3.29. The third-order valence-corrected chi connectivity index (χ3v) is 3.49. The first kappa shape index (κ1) is 15.4. The fourth-order valence-electron chi connectivity index (χ4n) is 1.07. The molecule has 0 saturated heterocycles. The van der Waals surface area contributed by atoms with Crippen LogP contribution in [-0.2, 0) is 9.59 Å². The molecule has 0 spiro atoms. The summed E-state index contributed by atoms with van der Waals surface area (Å²) < 4.78 is 0. The number of halogens is 1. The maximum atomic E-state index is 11.6. The lowest BCUT2D eigenvalue weighted by Gasteiger charge is -2.19. The van der Waals surface area contributed by atoms with Crippen molar-refractivity contribution in [3.05, 3.63) is 0 Å². The molecule has 0 aliphatic carbocycles. The second-order valence-corrected chi connectivity index (χ2v) is 5.53. The zero-order valence-electron chi connectivity index (χ0n) is 10.5. The van der Waals surface area contributed by atoms with Crippen LogP contribution in [0.2, 0.25) is 0 Å². The molecule has 5 heteroatoms. The highest BCUT2D eigenvalue weighted by Crippen LogP contribution is 2.11. The van der Waals surface area contributed by atoms with E-state index >= 15 is 0 Å². The van der Waals surface area contributed by atoms with Gasteiger partial charge in [0.25, 0.3) is 0 Å². The van der Waals surface area contributed by atoms with Crippen molar-refractivity contribution in [2.45, 2.75) is 51.5 Å². The molecule has 0 aliphatic rings. The lowest BCUT2D eigenvalue weighted by Crippen LogP contribution is -2.49. The SMILES string of the molecule is CC(C)NC(=O)C(C)NC(=O)C(Br)C(C)C. The van der Waals surface area contributed by atoms with E-state index in [0.717, 1.165) is 0 Å². The van der Waals surface area contributed by atoms with Crippen molar-refractivity contribution in [1.82, 2.24) is 10.6 Å². The molecule has 4 nitrogen and oxygen atoms in total. The van der Waals surface area contributed by atoms with Gasteiger partial charge in [0.05, 0.1) is 4.83 Å². The van der Waals surface area contributed by atoms with Crippen LogP contribution in [0.5, 0.6) is 0 Å². The Labute approximate surface area is 106 Å². The Morgan fingerprint density at radius 1 is 0.938 bits per heavy atom. The first-order chi connectivity index (χ1) is 7.25. The van der Waals surface area contributed by atoms with Gasteiger partial charge in [-0.05, 0) is 26.7 Å². The van der Waals surface area contributed by atoms with Gasteiger partial charge in [0.2, 0.25) is 11.8 Å². The average Bonchev–Trinajstić information content (AvgIpc) is 2.14. The molecule has 0 aromatic rings. The second kappa shape index (κ2) is 6.89. The fourth-order valence-corrected chi connectivity index (χ4v) is 1.20. The Balaban J connectivity index is 4.18. The molecule has 0 aromatic heterocycles. The molecule has 2 atom stereocenters. The molecule has 0 saturated carbocycles. The first-order valence-corrected chi connectivity index (χ1v) is 6.42. The second-order valence-electron chi connectivity index (χ2n) is 4.54. The van der Waals surface area contributed by atoms with Gasteiger partial charge < -0.3 is 10.6 Å². The van der Waals surface area contributed by atoms with Crippen molar-refractivity contribution >= 4 is 27.7 Å². The van der Waals surface area contributed by atoms with Gasteiger partial charge >= 0.3 is 0 Å². The zero-order valence-corrected chi connectivity index (χ0v) is 12.1. The minimum Gasteiger partial charge on any atom is -0.352 e. The number of carbonyl (C=O) groups excluding carboxylic acids is 2. The average molecular weight is 293 g/mol. The third-order valence-electron chi connectivity index (χ3n) is 2.02. The molecule has 0 bridgehead atoms. The van der Waals surface area contributed by atoms with E-state index in [1.54, 1.807) is 6.92 Å². The highest BCUT2D eigenvalue weighted by Gasteiger charge is 2.22. The van der Waals surface area contributed by atoms with Gasteiger partial charge in [-0.25, -0.2) is 0 Å². The Kier molecular flexibility index (Phi) is 6.64. The van der Waals surface area contributed by atoms with Crippen LogP contribution in [0.3, 0.4) is 0 Å². The molecular weight excluding hydrogens is 272 g/mol. The number of amides is 2. The van der Waals surface area contributed by atoms with E-state index < -0.39 is 6.04 Å². The number of carbonyl (C=O) groups is 2. The molecule has 2 unspecified atom stereocenters. The number of hydrogen-bond acceptors (Lipinski definition) is 2.